The number of aromatic nitrogens is 5. The van der Waals surface area contributed by atoms with E-state index >= 15 is 0 Å². The summed E-state index contributed by atoms with van der Waals surface area (Å²) in [7, 11) is 0. The zero-order valence-corrected chi connectivity index (χ0v) is 10.6. The molecule has 0 aliphatic carbocycles. The van der Waals surface area contributed by atoms with Crippen molar-refractivity contribution in [3.63, 3.8) is 0 Å². The van der Waals surface area contributed by atoms with Crippen LogP contribution in [0, 0.1) is 0 Å². The number of carbonyl (C=O) groups excluding carboxylic acids is 1. The predicted octanol–water partition coefficient (Wildman–Crippen LogP) is 1.47. The second kappa shape index (κ2) is 3.83. The lowest BCUT2D eigenvalue weighted by molar-refractivity contribution is -0.116. The van der Waals surface area contributed by atoms with Crippen molar-refractivity contribution in [3.8, 4) is 11.6 Å². The molecule has 7 nitrogen and oxygen atoms in total. The molecule has 1 atom stereocenters. The van der Waals surface area contributed by atoms with E-state index in [9.17, 15) is 4.79 Å². The van der Waals surface area contributed by atoms with Crippen LogP contribution in [0.3, 0.4) is 0 Å². The smallest absolute Gasteiger partial charge is 0.231 e. The molecule has 0 spiro atoms. The first-order valence-corrected chi connectivity index (χ1v) is 6.19. The number of fused-ring (bicyclic) bond motifs is 2. The van der Waals surface area contributed by atoms with E-state index in [1.807, 2.05) is 19.1 Å². The number of carbonyl (C=O) groups is 1. The summed E-state index contributed by atoms with van der Waals surface area (Å²) in [5.41, 5.74) is 3.44. The molecule has 1 unspecified atom stereocenters. The number of aromatic amines is 1. The minimum atomic E-state index is -0.147. The summed E-state index contributed by atoms with van der Waals surface area (Å²) in [5, 5.41) is 2.86. The molecule has 0 saturated carbocycles. The number of hydrogen-bond donors (Lipinski definition) is 2. The van der Waals surface area contributed by atoms with Crippen LogP contribution in [0.2, 0.25) is 0 Å². The molecule has 3 heterocycles. The third-order valence-electron chi connectivity index (χ3n) is 3.48. The molecule has 2 aromatic heterocycles. The molecule has 20 heavy (non-hydrogen) atoms. The lowest BCUT2D eigenvalue weighted by atomic mass is 10.0. The predicted molar refractivity (Wildman–Crippen MR) is 72.0 cm³/mol. The van der Waals surface area contributed by atoms with Gasteiger partial charge in [0.05, 0.1) is 17.0 Å². The molecule has 1 aliphatic rings. The number of H-pyrrole nitrogens is 1. The summed E-state index contributed by atoms with van der Waals surface area (Å²) in [5.74, 6) is 0.954. The number of rotatable bonds is 1. The quantitative estimate of drug-likeness (QED) is 0.695. The summed E-state index contributed by atoms with van der Waals surface area (Å²) in [6, 6.07) is 3.82. The number of benzene rings is 1. The average molecular weight is 266 g/mol. The van der Waals surface area contributed by atoms with Crippen molar-refractivity contribution in [2.75, 3.05) is 5.32 Å². The van der Waals surface area contributed by atoms with E-state index < -0.39 is 0 Å². The second-order valence-electron chi connectivity index (χ2n) is 4.71. The van der Waals surface area contributed by atoms with Crippen LogP contribution in [0.15, 0.2) is 24.8 Å². The Labute approximate surface area is 113 Å². The number of hydrogen-bond acceptors (Lipinski definition) is 5. The topological polar surface area (TPSA) is 96.5 Å². The van der Waals surface area contributed by atoms with Gasteiger partial charge in [0.15, 0.2) is 11.6 Å². The van der Waals surface area contributed by atoms with Crippen molar-refractivity contribution in [1.29, 1.82) is 0 Å². The highest BCUT2D eigenvalue weighted by Gasteiger charge is 2.27. The van der Waals surface area contributed by atoms with E-state index in [1.54, 1.807) is 0 Å². The van der Waals surface area contributed by atoms with Crippen molar-refractivity contribution >= 4 is 22.6 Å². The summed E-state index contributed by atoms with van der Waals surface area (Å²) in [6.07, 6.45) is 2.86. The molecule has 1 aromatic carbocycles. The van der Waals surface area contributed by atoms with Crippen LogP contribution in [0.1, 0.15) is 18.4 Å². The lowest BCUT2D eigenvalue weighted by Gasteiger charge is -1.99. The first-order chi connectivity index (χ1) is 9.72. The van der Waals surface area contributed by atoms with Crippen molar-refractivity contribution in [3.05, 3.63) is 30.4 Å². The van der Waals surface area contributed by atoms with Crippen LogP contribution in [0.25, 0.3) is 22.7 Å². The molecule has 1 amide bonds. The van der Waals surface area contributed by atoms with E-state index in [0.29, 0.717) is 11.6 Å². The van der Waals surface area contributed by atoms with Gasteiger partial charge in [-0.1, -0.05) is 0 Å². The van der Waals surface area contributed by atoms with Gasteiger partial charge in [0.25, 0.3) is 0 Å². The Hall–Kier alpha value is -2.83. The molecule has 1 aliphatic heterocycles. The number of amides is 1. The van der Waals surface area contributed by atoms with Gasteiger partial charge in [-0.15, -0.1) is 0 Å². The monoisotopic (exact) mass is 266 g/mol. The Bertz CT molecular complexity index is 825. The van der Waals surface area contributed by atoms with Gasteiger partial charge in [-0.05, 0) is 24.6 Å². The van der Waals surface area contributed by atoms with Crippen molar-refractivity contribution in [2.45, 2.75) is 12.8 Å². The van der Waals surface area contributed by atoms with Gasteiger partial charge in [-0.3, -0.25) is 4.79 Å². The zero-order chi connectivity index (χ0) is 13.7. The first kappa shape index (κ1) is 11.0. The number of nitrogens with one attached hydrogen (secondary N) is 2. The van der Waals surface area contributed by atoms with Crippen LogP contribution >= 0.6 is 0 Å². The van der Waals surface area contributed by atoms with Crippen LogP contribution in [-0.4, -0.2) is 30.8 Å². The largest absolute Gasteiger partial charge is 0.335 e. The van der Waals surface area contributed by atoms with Gasteiger partial charge < -0.3 is 10.3 Å². The molecule has 3 aromatic rings. The summed E-state index contributed by atoms with van der Waals surface area (Å²) >= 11 is 0. The second-order valence-corrected chi connectivity index (χ2v) is 4.71. The summed E-state index contributed by atoms with van der Waals surface area (Å²) < 4.78 is 0. The van der Waals surface area contributed by atoms with Crippen LogP contribution < -0.4 is 5.32 Å². The fourth-order valence-electron chi connectivity index (χ4n) is 2.39. The maximum absolute atomic E-state index is 11.7. The van der Waals surface area contributed by atoms with E-state index in [4.69, 9.17) is 0 Å². The van der Waals surface area contributed by atoms with E-state index in [-0.39, 0.29) is 11.8 Å². The fourth-order valence-corrected chi connectivity index (χ4v) is 2.39. The van der Waals surface area contributed by atoms with Gasteiger partial charge in [0, 0.05) is 5.69 Å². The standard InChI is InChI=1S/C13H10N6O/c1-6-7-2-9-10(3-8(7)19-13(6)20)18-12(17-9)11-15-4-14-5-16-11/h2-6H,1H3,(H,17,18)(H,19,20). The Morgan fingerprint density at radius 3 is 2.80 bits per heavy atom. The van der Waals surface area contributed by atoms with Gasteiger partial charge >= 0.3 is 0 Å². The summed E-state index contributed by atoms with van der Waals surface area (Å²) in [6.45, 7) is 1.88. The molecule has 0 fully saturated rings. The summed E-state index contributed by atoms with van der Waals surface area (Å²) in [4.78, 5) is 31.2. The van der Waals surface area contributed by atoms with Crippen LogP contribution in [0.5, 0.6) is 0 Å². The fraction of sp³-hybridized carbons (Fsp3) is 0.154. The average Bonchev–Trinajstić information content (AvgIpc) is 3.00. The number of anilines is 1. The van der Waals surface area contributed by atoms with Gasteiger partial charge in [0.1, 0.15) is 12.7 Å². The first-order valence-electron chi connectivity index (χ1n) is 6.19. The molecule has 2 N–H and O–H groups in total. The van der Waals surface area contributed by atoms with Crippen molar-refractivity contribution in [2.24, 2.45) is 0 Å². The maximum Gasteiger partial charge on any atom is 0.231 e. The third kappa shape index (κ3) is 1.49. The highest BCUT2D eigenvalue weighted by Crippen LogP contribution is 2.35. The van der Waals surface area contributed by atoms with Gasteiger partial charge in [-0.2, -0.15) is 0 Å². The Morgan fingerprint density at radius 2 is 2.00 bits per heavy atom. The molecular weight excluding hydrogens is 256 g/mol. The number of nitrogens with zero attached hydrogens (tertiary/aromatic N) is 4. The lowest BCUT2D eigenvalue weighted by Crippen LogP contribution is -2.08. The van der Waals surface area contributed by atoms with Gasteiger partial charge in [0.2, 0.25) is 5.91 Å². The normalized spacial score (nSPS) is 17.2. The van der Waals surface area contributed by atoms with Crippen LogP contribution in [0.4, 0.5) is 5.69 Å². The van der Waals surface area contributed by atoms with E-state index in [1.165, 1.54) is 12.7 Å². The minimum Gasteiger partial charge on any atom is -0.335 e. The number of imidazole rings is 1. The van der Waals surface area contributed by atoms with Crippen molar-refractivity contribution < 1.29 is 4.79 Å². The minimum absolute atomic E-state index is 0.0188. The molecule has 0 radical (unpaired) electrons. The maximum atomic E-state index is 11.7. The van der Waals surface area contributed by atoms with Crippen molar-refractivity contribution in [1.82, 2.24) is 24.9 Å². The molecule has 0 saturated heterocycles. The third-order valence-corrected chi connectivity index (χ3v) is 3.48. The SMILES string of the molecule is CC1C(=O)Nc2cc3[nH]c(-c4ncncn4)nc3cc21. The molecule has 98 valence electrons. The van der Waals surface area contributed by atoms with Gasteiger partial charge in [-0.25, -0.2) is 19.9 Å². The van der Waals surface area contributed by atoms with Crippen LogP contribution in [-0.2, 0) is 4.79 Å². The Morgan fingerprint density at radius 1 is 1.20 bits per heavy atom. The van der Waals surface area contributed by atoms with E-state index in [2.05, 4.69) is 30.2 Å². The zero-order valence-electron chi connectivity index (χ0n) is 10.6. The highest BCUT2D eigenvalue weighted by atomic mass is 16.2. The molecule has 4 rings (SSSR count). The molecule has 7 heteroatoms. The Balaban J connectivity index is 1.88. The highest BCUT2D eigenvalue weighted by molar-refractivity contribution is 6.05. The Kier molecular flexibility index (Phi) is 2.11. The molecule has 0 bridgehead atoms. The molecular formula is C13H10N6O. The van der Waals surface area contributed by atoms with E-state index in [0.717, 1.165) is 22.3 Å².